The third-order valence-electron chi connectivity index (χ3n) is 1.70. The van der Waals surface area contributed by atoms with Crippen LogP contribution in [0, 0.1) is 0 Å². The Morgan fingerprint density at radius 3 is 2.29 bits per heavy atom. The van der Waals surface area contributed by atoms with Crippen LogP contribution in [0.5, 0.6) is 0 Å². The van der Waals surface area contributed by atoms with Gasteiger partial charge in [-0.1, -0.05) is 29.3 Å². The summed E-state index contributed by atoms with van der Waals surface area (Å²) >= 11 is 11.5. The van der Waals surface area contributed by atoms with Crippen molar-refractivity contribution in [3.05, 3.63) is 33.8 Å². The Hall–Kier alpha value is -0.770. The van der Waals surface area contributed by atoms with Crippen molar-refractivity contribution in [2.45, 2.75) is 12.5 Å². The summed E-state index contributed by atoms with van der Waals surface area (Å²) in [5.41, 5.74) is 0.262. The molecule has 2 N–H and O–H groups in total. The van der Waals surface area contributed by atoms with Gasteiger partial charge in [-0.25, -0.2) is 0 Å². The molecule has 1 unspecified atom stereocenters. The van der Waals surface area contributed by atoms with Crippen molar-refractivity contribution in [3.8, 4) is 0 Å². The van der Waals surface area contributed by atoms with Crippen LogP contribution in [-0.4, -0.2) is 16.2 Å². The highest BCUT2D eigenvalue weighted by Crippen LogP contribution is 2.31. The summed E-state index contributed by atoms with van der Waals surface area (Å²) in [5.74, 6) is -1.10. The van der Waals surface area contributed by atoms with Crippen molar-refractivity contribution in [2.24, 2.45) is 0 Å². The van der Waals surface area contributed by atoms with Gasteiger partial charge in [-0.05, 0) is 12.1 Å². The lowest BCUT2D eigenvalue weighted by Gasteiger charge is -2.11. The van der Waals surface area contributed by atoms with E-state index in [2.05, 4.69) is 0 Å². The maximum atomic E-state index is 10.4. The Morgan fingerprint density at radius 1 is 1.36 bits per heavy atom. The van der Waals surface area contributed by atoms with Crippen LogP contribution in [0.25, 0.3) is 0 Å². The van der Waals surface area contributed by atoms with Gasteiger partial charge in [-0.3, -0.25) is 4.79 Å². The molecule has 0 heterocycles. The molecular formula is C9H8Cl2O3. The van der Waals surface area contributed by atoms with E-state index in [1.807, 2.05) is 0 Å². The maximum absolute atomic E-state index is 10.4. The lowest BCUT2D eigenvalue weighted by atomic mass is 10.1. The van der Waals surface area contributed by atoms with E-state index >= 15 is 0 Å². The van der Waals surface area contributed by atoms with Crippen LogP contribution in [0.1, 0.15) is 18.1 Å². The van der Waals surface area contributed by atoms with Gasteiger partial charge in [0, 0.05) is 15.6 Å². The molecule has 14 heavy (non-hydrogen) atoms. The summed E-state index contributed by atoms with van der Waals surface area (Å²) < 4.78 is 0. The molecule has 0 radical (unpaired) electrons. The minimum Gasteiger partial charge on any atom is -0.481 e. The van der Waals surface area contributed by atoms with Gasteiger partial charge < -0.3 is 10.2 Å². The lowest BCUT2D eigenvalue weighted by molar-refractivity contribution is -0.139. The average molecular weight is 235 g/mol. The van der Waals surface area contributed by atoms with Gasteiger partial charge in [0.05, 0.1) is 12.5 Å². The molecule has 1 aromatic carbocycles. The molecule has 1 atom stereocenters. The molecule has 0 aliphatic carbocycles. The number of carbonyl (C=O) groups is 1. The second-order valence-electron chi connectivity index (χ2n) is 2.75. The SMILES string of the molecule is O=C(O)CC(O)c1c(Cl)cccc1Cl. The number of halogens is 2. The van der Waals surface area contributed by atoms with Crippen LogP contribution in [0.4, 0.5) is 0 Å². The maximum Gasteiger partial charge on any atom is 0.306 e. The Labute approximate surface area is 90.9 Å². The second-order valence-corrected chi connectivity index (χ2v) is 3.56. The molecule has 0 saturated heterocycles. The first-order chi connectivity index (χ1) is 6.52. The molecule has 0 aliphatic rings. The highest BCUT2D eigenvalue weighted by atomic mass is 35.5. The fourth-order valence-corrected chi connectivity index (χ4v) is 1.75. The Kier molecular flexibility index (Phi) is 3.75. The number of carboxylic acids is 1. The van der Waals surface area contributed by atoms with Crippen molar-refractivity contribution in [1.29, 1.82) is 0 Å². The number of hydrogen-bond donors (Lipinski definition) is 2. The third kappa shape index (κ3) is 2.61. The van der Waals surface area contributed by atoms with E-state index in [1.165, 1.54) is 0 Å². The van der Waals surface area contributed by atoms with Gasteiger partial charge in [-0.15, -0.1) is 0 Å². The molecule has 0 spiro atoms. The van der Waals surface area contributed by atoms with Gasteiger partial charge in [0.15, 0.2) is 0 Å². The average Bonchev–Trinajstić information content (AvgIpc) is 2.01. The van der Waals surface area contributed by atoms with Gasteiger partial charge in [-0.2, -0.15) is 0 Å². The number of hydrogen-bond acceptors (Lipinski definition) is 2. The van der Waals surface area contributed by atoms with Crippen LogP contribution in [0.2, 0.25) is 10.0 Å². The molecule has 0 amide bonds. The van der Waals surface area contributed by atoms with E-state index in [0.29, 0.717) is 0 Å². The zero-order valence-electron chi connectivity index (χ0n) is 7.08. The van der Waals surface area contributed by atoms with Crippen LogP contribution >= 0.6 is 23.2 Å². The highest BCUT2D eigenvalue weighted by molar-refractivity contribution is 6.36. The largest absolute Gasteiger partial charge is 0.481 e. The number of aliphatic carboxylic acids is 1. The number of rotatable bonds is 3. The standard InChI is InChI=1S/C9H8Cl2O3/c10-5-2-1-3-6(11)9(5)7(12)4-8(13)14/h1-3,7,12H,4H2,(H,13,14). The lowest BCUT2D eigenvalue weighted by Crippen LogP contribution is -2.06. The van der Waals surface area contributed by atoms with Gasteiger partial charge >= 0.3 is 5.97 Å². The quantitative estimate of drug-likeness (QED) is 0.846. The van der Waals surface area contributed by atoms with Crippen LogP contribution in [0.3, 0.4) is 0 Å². The molecule has 0 aromatic heterocycles. The molecule has 1 rings (SSSR count). The van der Waals surface area contributed by atoms with E-state index in [1.54, 1.807) is 18.2 Å². The van der Waals surface area contributed by atoms with Gasteiger partial charge in [0.2, 0.25) is 0 Å². The van der Waals surface area contributed by atoms with Gasteiger partial charge in [0.25, 0.3) is 0 Å². The molecule has 0 fully saturated rings. The zero-order valence-corrected chi connectivity index (χ0v) is 8.59. The molecule has 1 aromatic rings. The van der Waals surface area contributed by atoms with Crippen molar-refractivity contribution < 1.29 is 15.0 Å². The van der Waals surface area contributed by atoms with Gasteiger partial charge in [0.1, 0.15) is 0 Å². The summed E-state index contributed by atoms with van der Waals surface area (Å²) in [6.07, 6.45) is -1.59. The van der Waals surface area contributed by atoms with E-state index in [0.717, 1.165) is 0 Å². The van der Waals surface area contributed by atoms with E-state index in [-0.39, 0.29) is 15.6 Å². The predicted octanol–water partition coefficient (Wildman–Crippen LogP) is 2.50. The molecule has 0 saturated carbocycles. The number of benzene rings is 1. The highest BCUT2D eigenvalue weighted by Gasteiger charge is 2.17. The predicted molar refractivity (Wildman–Crippen MR) is 53.7 cm³/mol. The summed E-state index contributed by atoms with van der Waals surface area (Å²) in [6.45, 7) is 0. The third-order valence-corrected chi connectivity index (χ3v) is 2.36. The molecule has 0 bridgehead atoms. The minimum atomic E-state index is -1.17. The molecule has 76 valence electrons. The first kappa shape index (κ1) is 11.3. The van der Waals surface area contributed by atoms with E-state index in [9.17, 15) is 9.90 Å². The van der Waals surface area contributed by atoms with Crippen molar-refractivity contribution >= 4 is 29.2 Å². The molecule has 3 nitrogen and oxygen atoms in total. The van der Waals surface area contributed by atoms with Crippen molar-refractivity contribution in [2.75, 3.05) is 0 Å². The van der Waals surface area contributed by atoms with Crippen LogP contribution in [-0.2, 0) is 4.79 Å². The van der Waals surface area contributed by atoms with E-state index < -0.39 is 18.5 Å². The smallest absolute Gasteiger partial charge is 0.306 e. The van der Waals surface area contributed by atoms with Crippen molar-refractivity contribution in [3.63, 3.8) is 0 Å². The van der Waals surface area contributed by atoms with Crippen molar-refractivity contribution in [1.82, 2.24) is 0 Å². The Balaban J connectivity index is 2.99. The molecular weight excluding hydrogens is 227 g/mol. The number of aliphatic hydroxyl groups excluding tert-OH is 1. The first-order valence-electron chi connectivity index (χ1n) is 3.86. The zero-order chi connectivity index (χ0) is 10.7. The summed E-state index contributed by atoms with van der Waals surface area (Å²) in [4.78, 5) is 10.4. The first-order valence-corrected chi connectivity index (χ1v) is 4.61. The molecule has 5 heteroatoms. The fraction of sp³-hybridized carbons (Fsp3) is 0.222. The molecule has 0 aliphatic heterocycles. The van der Waals surface area contributed by atoms with Crippen LogP contribution in [0.15, 0.2) is 18.2 Å². The number of carboxylic acid groups (broad SMARTS) is 1. The van der Waals surface area contributed by atoms with Crippen LogP contribution < -0.4 is 0 Å². The minimum absolute atomic E-state index is 0.262. The topological polar surface area (TPSA) is 57.5 Å². The summed E-state index contributed by atoms with van der Waals surface area (Å²) in [5, 5.41) is 18.5. The Bertz CT molecular complexity index is 332. The second kappa shape index (κ2) is 4.64. The normalized spacial score (nSPS) is 12.5. The summed E-state index contributed by atoms with van der Waals surface area (Å²) in [6, 6.07) is 4.73. The number of aliphatic hydroxyl groups is 1. The fourth-order valence-electron chi connectivity index (χ4n) is 1.10. The van der Waals surface area contributed by atoms with E-state index in [4.69, 9.17) is 28.3 Å². The Morgan fingerprint density at radius 2 is 1.86 bits per heavy atom. The monoisotopic (exact) mass is 234 g/mol. The summed E-state index contributed by atoms with van der Waals surface area (Å²) in [7, 11) is 0.